The molecule has 0 aliphatic carbocycles. The molecule has 0 aliphatic rings. The summed E-state index contributed by atoms with van der Waals surface area (Å²) < 4.78 is 3.19. The Bertz CT molecular complexity index is 964. The SMILES string of the molecule is CC(C)(C)n1ncc2c(=O)n(Cc3ccc([N+](=O)[O-])cc3)cnc21. The fourth-order valence-electron chi connectivity index (χ4n) is 2.47. The van der Waals surface area contributed by atoms with Crippen LogP contribution < -0.4 is 5.56 Å². The average Bonchev–Trinajstić information content (AvgIpc) is 2.95. The number of hydrogen-bond donors (Lipinski definition) is 0. The summed E-state index contributed by atoms with van der Waals surface area (Å²) in [5, 5.41) is 15.4. The minimum absolute atomic E-state index is 0.0196. The third-order valence-electron chi connectivity index (χ3n) is 3.69. The van der Waals surface area contributed by atoms with Gasteiger partial charge in [0, 0.05) is 12.1 Å². The largest absolute Gasteiger partial charge is 0.294 e. The number of rotatable bonds is 3. The Morgan fingerprint density at radius 3 is 2.46 bits per heavy atom. The van der Waals surface area contributed by atoms with Gasteiger partial charge in [-0.1, -0.05) is 12.1 Å². The molecule has 0 fully saturated rings. The third-order valence-corrected chi connectivity index (χ3v) is 3.69. The summed E-state index contributed by atoms with van der Waals surface area (Å²) in [5.74, 6) is 0. The predicted octanol–water partition coefficient (Wildman–Crippen LogP) is 2.30. The molecule has 3 aromatic rings. The van der Waals surface area contributed by atoms with Gasteiger partial charge in [-0.3, -0.25) is 19.5 Å². The van der Waals surface area contributed by atoms with Crippen molar-refractivity contribution in [1.29, 1.82) is 0 Å². The zero-order valence-corrected chi connectivity index (χ0v) is 13.6. The van der Waals surface area contributed by atoms with Crippen molar-refractivity contribution in [3.8, 4) is 0 Å². The van der Waals surface area contributed by atoms with Gasteiger partial charge < -0.3 is 0 Å². The first kappa shape index (κ1) is 15.9. The molecule has 3 rings (SSSR count). The van der Waals surface area contributed by atoms with Crippen LogP contribution in [0.3, 0.4) is 0 Å². The molecule has 0 radical (unpaired) electrons. The lowest BCUT2D eigenvalue weighted by molar-refractivity contribution is -0.384. The van der Waals surface area contributed by atoms with Gasteiger partial charge in [0.2, 0.25) is 0 Å². The van der Waals surface area contributed by atoms with Crippen LogP contribution in [0.25, 0.3) is 11.0 Å². The summed E-state index contributed by atoms with van der Waals surface area (Å²) in [6.07, 6.45) is 3.01. The van der Waals surface area contributed by atoms with Crippen LogP contribution in [-0.2, 0) is 12.1 Å². The quantitative estimate of drug-likeness (QED) is 0.543. The van der Waals surface area contributed by atoms with E-state index in [-0.39, 0.29) is 16.8 Å². The van der Waals surface area contributed by atoms with Crippen molar-refractivity contribution >= 4 is 16.7 Å². The highest BCUT2D eigenvalue weighted by Crippen LogP contribution is 2.18. The van der Waals surface area contributed by atoms with Gasteiger partial charge in [0.25, 0.3) is 11.2 Å². The van der Waals surface area contributed by atoms with E-state index in [1.54, 1.807) is 16.8 Å². The fourth-order valence-corrected chi connectivity index (χ4v) is 2.47. The molecule has 0 N–H and O–H groups in total. The number of aromatic nitrogens is 4. The van der Waals surface area contributed by atoms with E-state index in [2.05, 4.69) is 10.1 Å². The van der Waals surface area contributed by atoms with E-state index in [1.165, 1.54) is 29.2 Å². The maximum atomic E-state index is 12.6. The van der Waals surface area contributed by atoms with Crippen molar-refractivity contribution in [2.24, 2.45) is 0 Å². The molecule has 0 unspecified atom stereocenters. The molecular formula is C16H17N5O3. The molecule has 2 heterocycles. The number of hydrogen-bond acceptors (Lipinski definition) is 5. The molecular weight excluding hydrogens is 310 g/mol. The van der Waals surface area contributed by atoms with Gasteiger partial charge in [0.15, 0.2) is 5.65 Å². The van der Waals surface area contributed by atoms with Gasteiger partial charge in [-0.2, -0.15) is 5.10 Å². The second-order valence-electron chi connectivity index (χ2n) is 6.57. The summed E-state index contributed by atoms with van der Waals surface area (Å²) in [6.45, 7) is 6.26. The minimum atomic E-state index is -0.454. The Morgan fingerprint density at radius 1 is 1.21 bits per heavy atom. The molecule has 0 spiro atoms. The lowest BCUT2D eigenvalue weighted by Crippen LogP contribution is -2.25. The van der Waals surface area contributed by atoms with E-state index < -0.39 is 4.92 Å². The van der Waals surface area contributed by atoms with E-state index in [1.807, 2.05) is 20.8 Å². The van der Waals surface area contributed by atoms with Crippen LogP contribution in [0.15, 0.2) is 41.6 Å². The topological polar surface area (TPSA) is 95.8 Å². The van der Waals surface area contributed by atoms with Crippen molar-refractivity contribution in [2.45, 2.75) is 32.9 Å². The summed E-state index contributed by atoms with van der Waals surface area (Å²) >= 11 is 0. The smallest absolute Gasteiger partial charge is 0.269 e. The highest BCUT2D eigenvalue weighted by molar-refractivity contribution is 5.73. The maximum absolute atomic E-state index is 12.6. The molecule has 0 saturated carbocycles. The van der Waals surface area contributed by atoms with E-state index in [0.717, 1.165) is 5.56 Å². The Labute approximate surface area is 137 Å². The highest BCUT2D eigenvalue weighted by atomic mass is 16.6. The Morgan fingerprint density at radius 2 is 1.88 bits per heavy atom. The zero-order valence-electron chi connectivity index (χ0n) is 13.6. The Kier molecular flexibility index (Phi) is 3.67. The number of nitro groups is 1. The highest BCUT2D eigenvalue weighted by Gasteiger charge is 2.19. The van der Waals surface area contributed by atoms with E-state index >= 15 is 0 Å². The van der Waals surface area contributed by atoms with Crippen LogP contribution in [-0.4, -0.2) is 24.3 Å². The molecule has 8 nitrogen and oxygen atoms in total. The van der Waals surface area contributed by atoms with Crippen LogP contribution in [0.1, 0.15) is 26.3 Å². The van der Waals surface area contributed by atoms with Crippen LogP contribution >= 0.6 is 0 Å². The van der Waals surface area contributed by atoms with E-state index in [0.29, 0.717) is 17.6 Å². The van der Waals surface area contributed by atoms with E-state index in [4.69, 9.17) is 0 Å². The van der Waals surface area contributed by atoms with E-state index in [9.17, 15) is 14.9 Å². The molecule has 0 atom stereocenters. The molecule has 0 aliphatic heterocycles. The standard InChI is InChI=1S/C16H17N5O3/c1-16(2,3)20-14-13(8-18-20)15(22)19(10-17-14)9-11-4-6-12(7-5-11)21(23)24/h4-8,10H,9H2,1-3H3. The van der Waals surface area contributed by atoms with Gasteiger partial charge in [-0.25, -0.2) is 9.67 Å². The Hall–Kier alpha value is -3.03. The molecule has 8 heteroatoms. The van der Waals surface area contributed by atoms with Crippen LogP contribution in [0.5, 0.6) is 0 Å². The first-order chi connectivity index (χ1) is 11.3. The first-order valence-electron chi connectivity index (χ1n) is 7.44. The predicted molar refractivity (Wildman–Crippen MR) is 89.0 cm³/mol. The number of fused-ring (bicyclic) bond motifs is 1. The third kappa shape index (κ3) is 2.78. The van der Waals surface area contributed by atoms with Gasteiger partial charge >= 0.3 is 0 Å². The fraction of sp³-hybridized carbons (Fsp3) is 0.312. The van der Waals surface area contributed by atoms with Crippen molar-refractivity contribution in [2.75, 3.05) is 0 Å². The van der Waals surface area contributed by atoms with Gasteiger partial charge in [-0.05, 0) is 26.3 Å². The summed E-state index contributed by atoms with van der Waals surface area (Å²) in [5.41, 5.74) is 0.894. The van der Waals surface area contributed by atoms with Gasteiger partial charge in [0.05, 0.1) is 23.2 Å². The van der Waals surface area contributed by atoms with Gasteiger partial charge in [-0.15, -0.1) is 0 Å². The minimum Gasteiger partial charge on any atom is -0.294 e. The van der Waals surface area contributed by atoms with Crippen LogP contribution in [0.2, 0.25) is 0 Å². The molecule has 2 aromatic heterocycles. The average molecular weight is 327 g/mol. The molecule has 0 bridgehead atoms. The Balaban J connectivity index is 1.98. The van der Waals surface area contributed by atoms with Crippen LogP contribution in [0.4, 0.5) is 5.69 Å². The first-order valence-corrected chi connectivity index (χ1v) is 7.44. The lowest BCUT2D eigenvalue weighted by Gasteiger charge is -2.19. The maximum Gasteiger partial charge on any atom is 0.269 e. The number of nitro benzene ring substituents is 1. The van der Waals surface area contributed by atoms with Crippen molar-refractivity contribution < 1.29 is 4.92 Å². The summed E-state index contributed by atoms with van der Waals surface area (Å²) in [7, 11) is 0. The number of benzene rings is 1. The van der Waals surface area contributed by atoms with Crippen molar-refractivity contribution in [3.05, 3.63) is 62.8 Å². The zero-order chi connectivity index (χ0) is 17.5. The molecule has 0 amide bonds. The normalized spacial score (nSPS) is 11.8. The summed E-state index contributed by atoms with van der Waals surface area (Å²) in [4.78, 5) is 27.2. The second kappa shape index (κ2) is 5.55. The summed E-state index contributed by atoms with van der Waals surface area (Å²) in [6, 6.07) is 6.11. The molecule has 0 saturated heterocycles. The molecule has 24 heavy (non-hydrogen) atoms. The number of non-ortho nitro benzene ring substituents is 1. The molecule has 124 valence electrons. The van der Waals surface area contributed by atoms with Crippen molar-refractivity contribution in [3.63, 3.8) is 0 Å². The van der Waals surface area contributed by atoms with Crippen LogP contribution in [0, 0.1) is 10.1 Å². The van der Waals surface area contributed by atoms with Crippen molar-refractivity contribution in [1.82, 2.24) is 19.3 Å². The second-order valence-corrected chi connectivity index (χ2v) is 6.57. The lowest BCUT2D eigenvalue weighted by atomic mass is 10.1. The van der Waals surface area contributed by atoms with Gasteiger partial charge in [0.1, 0.15) is 11.7 Å². The molecule has 1 aromatic carbocycles. The number of nitrogens with zero attached hydrogens (tertiary/aromatic N) is 5. The monoisotopic (exact) mass is 327 g/mol.